The molecule has 93 heavy (non-hydrogen) atoms. The van der Waals surface area contributed by atoms with Crippen LogP contribution in [0.1, 0.15) is 182 Å². The van der Waals surface area contributed by atoms with Gasteiger partial charge in [-0.3, -0.25) is 52.7 Å². The fourth-order valence-corrected chi connectivity index (χ4v) is 13.4. The molecule has 2 aliphatic heterocycles. The van der Waals surface area contributed by atoms with E-state index in [2.05, 4.69) is 16.3 Å². The molecule has 2 saturated heterocycles. The lowest BCUT2D eigenvalue weighted by Gasteiger charge is -2.41. The number of likely N-dealkylation sites (tertiary alicyclic amines) is 1. The standard InChI is InChI=1S/C71H122N10O12/c1-25-27-28-46(13)63(85)62-64(86)73-53(26-2)68(90)74(18)50(17)66(88)79(23)61(49(16)40-81-31-29-51(39-72)30-32-81)59(84)38-52(44(9)10)67(89)75(19)54(33-41(3)4)58(83)36-47(14)57(82)37-48(15)65(87)76(20)55(34-42(5)6)69(91)77(21)56(35-43(7)8)70(92)78(22)60(45(11)12)71(93)80(62)24/h25,27,41-56,60-63,85H,26,28-38,40H2,1-24H3,(H,73,86)/b27-25+/t46-,47-,48+,49-,50-,52+,53+,54+,55+,56+,60+,61+,62+,63-/m1/s1. The first-order valence-electron chi connectivity index (χ1n) is 34.3. The predicted octanol–water partition coefficient (Wildman–Crippen LogP) is 6.75. The Bertz CT molecular complexity index is 2630. The van der Waals surface area contributed by atoms with Gasteiger partial charge in [0.25, 0.3) is 0 Å². The lowest BCUT2D eigenvalue weighted by Crippen LogP contribution is -2.63. The van der Waals surface area contributed by atoms with E-state index in [0.29, 0.717) is 38.9 Å². The molecule has 2 aliphatic rings. The number of ketones is 3. The normalized spacial score (nSPS) is 28.3. The van der Waals surface area contributed by atoms with Gasteiger partial charge in [-0.2, -0.15) is 5.26 Å². The summed E-state index contributed by atoms with van der Waals surface area (Å²) in [5.41, 5.74) is 0. The van der Waals surface area contributed by atoms with Crippen molar-refractivity contribution in [3.63, 3.8) is 0 Å². The van der Waals surface area contributed by atoms with E-state index in [9.17, 15) is 29.5 Å². The number of nitrogens with one attached hydrogen (secondary N) is 1. The Balaban J connectivity index is 3.05. The van der Waals surface area contributed by atoms with Gasteiger partial charge in [0.15, 0.2) is 11.6 Å². The smallest absolute Gasteiger partial charge is 0.246 e. The minimum atomic E-state index is -1.62. The largest absolute Gasteiger partial charge is 0.390 e. The van der Waals surface area contributed by atoms with Crippen molar-refractivity contribution >= 4 is 64.6 Å². The van der Waals surface area contributed by atoms with Crippen LogP contribution in [-0.4, -0.2) is 232 Å². The second kappa shape index (κ2) is 37.9. The number of aliphatic hydroxyl groups is 1. The summed E-state index contributed by atoms with van der Waals surface area (Å²) in [6.45, 7) is 31.8. The molecule has 2 fully saturated rings. The molecule has 0 bridgehead atoms. The Morgan fingerprint density at radius 1 is 0.527 bits per heavy atom. The maximum atomic E-state index is 15.3. The number of piperidine rings is 1. The maximum absolute atomic E-state index is 15.3. The number of nitrogens with zero attached hydrogens (tertiary/aromatic N) is 9. The third kappa shape index (κ3) is 22.5. The summed E-state index contributed by atoms with van der Waals surface area (Å²) in [5, 5.41) is 24.7. The lowest BCUT2D eigenvalue weighted by atomic mass is 9.83. The molecule has 0 unspecified atom stereocenters. The van der Waals surface area contributed by atoms with Crippen molar-refractivity contribution in [2.75, 3.05) is 69.0 Å². The minimum absolute atomic E-state index is 0.0110. The number of allylic oxidation sites excluding steroid dienone is 2. The number of nitriles is 1. The van der Waals surface area contributed by atoms with Gasteiger partial charge in [0, 0.05) is 98.8 Å². The number of hydrogen-bond donors (Lipinski definition) is 2. The molecule has 0 aromatic rings. The van der Waals surface area contributed by atoms with Crippen LogP contribution in [0.15, 0.2) is 12.2 Å². The van der Waals surface area contributed by atoms with Crippen LogP contribution in [0.25, 0.3) is 0 Å². The Morgan fingerprint density at radius 3 is 1.46 bits per heavy atom. The van der Waals surface area contributed by atoms with Crippen LogP contribution in [0, 0.1) is 76.4 Å². The van der Waals surface area contributed by atoms with E-state index >= 15 is 33.6 Å². The first-order chi connectivity index (χ1) is 43.1. The highest BCUT2D eigenvalue weighted by atomic mass is 16.3. The first kappa shape index (κ1) is 83.0. The van der Waals surface area contributed by atoms with Gasteiger partial charge in [0.1, 0.15) is 42.0 Å². The van der Waals surface area contributed by atoms with Crippen LogP contribution in [0.5, 0.6) is 0 Å². The third-order valence-electron chi connectivity index (χ3n) is 19.6. The molecular formula is C71H122N10O12. The lowest BCUT2D eigenvalue weighted by molar-refractivity contribution is -0.157. The molecule has 0 radical (unpaired) electrons. The molecule has 0 aliphatic carbocycles. The highest BCUT2D eigenvalue weighted by Crippen LogP contribution is 2.30. The predicted molar refractivity (Wildman–Crippen MR) is 361 cm³/mol. The van der Waals surface area contributed by atoms with Gasteiger partial charge in [0.05, 0.1) is 24.3 Å². The molecule has 0 aromatic carbocycles. The number of Topliss-reactive ketones (excluding diaryl/α,β-unsaturated/α-hetero) is 3. The van der Waals surface area contributed by atoms with Crippen molar-refractivity contribution < 1.29 is 57.8 Å². The Kier molecular flexibility index (Phi) is 33.8. The molecular weight excluding hydrogens is 1180 g/mol. The van der Waals surface area contributed by atoms with Gasteiger partial charge in [-0.05, 0) is 113 Å². The molecule has 8 amide bonds. The van der Waals surface area contributed by atoms with Gasteiger partial charge >= 0.3 is 0 Å². The van der Waals surface area contributed by atoms with Crippen LogP contribution < -0.4 is 5.32 Å². The van der Waals surface area contributed by atoms with Crippen molar-refractivity contribution in [2.24, 2.45) is 65.1 Å². The molecule has 14 atom stereocenters. The van der Waals surface area contributed by atoms with E-state index in [1.807, 2.05) is 75.3 Å². The Labute approximate surface area is 558 Å². The SMILES string of the molecule is C/C=C/C[C@@H](C)[C@@H](O)[C@H]1C(=O)N[C@@H](CC)C(=O)N(C)[C@H](C)C(=O)N(C)[C@@H]([C@H](C)CN2CCC(C#N)CC2)C(=O)C[C@@H](C(C)C)C(=O)N(C)[C@@H](CC(C)C)C(=O)C[C@@H](C)C(=O)C[C@H](C)C(=O)N(C)[C@@H](CC(C)C)C(=O)N(C)[C@@H](CC(C)C)C(=O)N(C)[C@@H](C(C)C)C(=O)N1C. The van der Waals surface area contributed by atoms with E-state index in [0.717, 1.165) is 4.90 Å². The van der Waals surface area contributed by atoms with E-state index in [-0.39, 0.29) is 80.2 Å². The summed E-state index contributed by atoms with van der Waals surface area (Å²) in [6, 6.07) is -7.40. The second-order valence-corrected chi connectivity index (χ2v) is 29.4. The van der Waals surface area contributed by atoms with Gasteiger partial charge in [-0.15, -0.1) is 0 Å². The number of rotatable bonds is 16. The molecule has 0 spiro atoms. The van der Waals surface area contributed by atoms with Gasteiger partial charge in [0.2, 0.25) is 47.3 Å². The Hall–Kier alpha value is -6.08. The minimum Gasteiger partial charge on any atom is -0.390 e. The number of hydrogen-bond acceptors (Lipinski definition) is 14. The van der Waals surface area contributed by atoms with Crippen LogP contribution in [0.3, 0.4) is 0 Å². The molecule has 0 saturated carbocycles. The topological polar surface area (TPSA) is 270 Å². The summed E-state index contributed by atoms with van der Waals surface area (Å²) in [7, 11) is 10.2. The summed E-state index contributed by atoms with van der Waals surface area (Å²) in [6.07, 6.45) is 3.45. The number of likely N-dealkylation sites (N-methyl/N-ethyl adjacent to an activating group) is 7. The number of aliphatic hydroxyl groups excluding tert-OH is 1. The average Bonchev–Trinajstić information content (AvgIpc) is 0.822. The van der Waals surface area contributed by atoms with Gasteiger partial charge < -0.3 is 49.6 Å². The Morgan fingerprint density at radius 2 is 0.989 bits per heavy atom. The highest BCUT2D eigenvalue weighted by molar-refractivity contribution is 6.00. The quantitative estimate of drug-likeness (QED) is 0.151. The van der Waals surface area contributed by atoms with Crippen molar-refractivity contribution in [3.05, 3.63) is 12.2 Å². The van der Waals surface area contributed by atoms with E-state index in [1.165, 1.54) is 85.7 Å². The van der Waals surface area contributed by atoms with E-state index in [4.69, 9.17) is 0 Å². The van der Waals surface area contributed by atoms with Crippen LogP contribution in [0.2, 0.25) is 0 Å². The van der Waals surface area contributed by atoms with Crippen molar-refractivity contribution in [1.82, 2.24) is 44.5 Å². The van der Waals surface area contributed by atoms with Crippen molar-refractivity contribution in [1.29, 1.82) is 5.26 Å². The summed E-state index contributed by atoms with van der Waals surface area (Å²) < 4.78 is 0. The zero-order chi connectivity index (χ0) is 71.5. The zero-order valence-electron chi connectivity index (χ0n) is 61.4. The number of amides is 8. The van der Waals surface area contributed by atoms with E-state index < -0.39 is 149 Å². The molecule has 2 N–H and O–H groups in total. The first-order valence-corrected chi connectivity index (χ1v) is 34.3. The number of carbonyl (C=O) groups excluding carboxylic acids is 11. The number of carbonyl (C=O) groups is 11. The summed E-state index contributed by atoms with van der Waals surface area (Å²) in [4.78, 5) is 175. The van der Waals surface area contributed by atoms with Crippen LogP contribution in [0.4, 0.5) is 0 Å². The van der Waals surface area contributed by atoms with Crippen LogP contribution >= 0.6 is 0 Å². The molecule has 22 nitrogen and oxygen atoms in total. The van der Waals surface area contributed by atoms with E-state index in [1.54, 1.807) is 47.6 Å². The molecule has 2 heterocycles. The fraction of sp³-hybridized carbons (Fsp3) is 0.803. The zero-order valence-corrected chi connectivity index (χ0v) is 61.4. The van der Waals surface area contributed by atoms with Gasteiger partial charge in [-0.25, -0.2) is 0 Å². The molecule has 0 aromatic heterocycles. The monoisotopic (exact) mass is 1310 g/mol. The molecule has 528 valence electrons. The highest BCUT2D eigenvalue weighted by Gasteiger charge is 2.47. The second-order valence-electron chi connectivity index (χ2n) is 29.4. The van der Waals surface area contributed by atoms with Gasteiger partial charge in [-0.1, -0.05) is 116 Å². The third-order valence-corrected chi connectivity index (χ3v) is 19.6. The average molecular weight is 1310 g/mol. The maximum Gasteiger partial charge on any atom is 0.246 e. The van der Waals surface area contributed by atoms with Crippen molar-refractivity contribution in [3.8, 4) is 6.07 Å². The summed E-state index contributed by atoms with van der Waals surface area (Å²) >= 11 is 0. The van der Waals surface area contributed by atoms with Crippen LogP contribution in [-0.2, 0) is 52.7 Å². The molecule has 22 heteroatoms. The fourth-order valence-electron chi connectivity index (χ4n) is 13.4. The molecule has 2 rings (SSSR count). The summed E-state index contributed by atoms with van der Waals surface area (Å²) in [5.74, 6) is -11.6. The van der Waals surface area contributed by atoms with Crippen molar-refractivity contribution in [2.45, 2.75) is 236 Å².